The summed E-state index contributed by atoms with van der Waals surface area (Å²) in [5, 5.41) is 18.9. The molecule has 0 spiro atoms. The smallest absolute Gasteiger partial charge is 0.358 e. The molecule has 54 heavy (non-hydrogen) atoms. The Morgan fingerprint density at radius 3 is 1.24 bits per heavy atom. The Labute approximate surface area is 331 Å². The minimum atomic E-state index is -4.55. The van der Waals surface area contributed by atoms with E-state index in [2.05, 4.69) is 13.8 Å². The molecule has 0 aromatic heterocycles. The highest BCUT2D eigenvalue weighted by atomic mass is 31.2. The molecule has 0 saturated carbocycles. The van der Waals surface area contributed by atoms with E-state index in [0.29, 0.717) is 12.8 Å². The molecule has 0 heterocycles. The van der Waals surface area contributed by atoms with Crippen molar-refractivity contribution in [2.24, 2.45) is 0 Å². The van der Waals surface area contributed by atoms with Crippen LogP contribution in [0.4, 0.5) is 0 Å². The number of esters is 2. The molecule has 0 saturated heterocycles. The van der Waals surface area contributed by atoms with Crippen molar-refractivity contribution in [1.82, 2.24) is 0 Å². The maximum atomic E-state index is 12.7. The van der Waals surface area contributed by atoms with E-state index in [4.69, 9.17) is 23.8 Å². The van der Waals surface area contributed by atoms with Crippen molar-refractivity contribution in [3.63, 3.8) is 0 Å². The summed E-state index contributed by atoms with van der Waals surface area (Å²) in [7, 11) is -4.55. The maximum absolute atomic E-state index is 12.7. The highest BCUT2D eigenvalue weighted by Crippen LogP contribution is 2.46. The van der Waals surface area contributed by atoms with E-state index in [1.165, 1.54) is 148 Å². The van der Waals surface area contributed by atoms with Crippen molar-refractivity contribution in [2.45, 2.75) is 231 Å². The van der Waals surface area contributed by atoms with Gasteiger partial charge in [-0.2, -0.15) is 0 Å². The van der Waals surface area contributed by atoms with Gasteiger partial charge in [-0.25, -0.2) is 0 Å². The van der Waals surface area contributed by atoms with Crippen LogP contribution in [0, 0.1) is 0 Å². The molecule has 11 heteroatoms. The molecule has 0 aliphatic carbocycles. The van der Waals surface area contributed by atoms with Crippen LogP contribution in [0.15, 0.2) is 0 Å². The Balaban J connectivity index is 4.32. The van der Waals surface area contributed by atoms with Gasteiger partial charge in [-0.1, -0.05) is 194 Å². The Hall–Kier alpha value is -1.03. The van der Waals surface area contributed by atoms with Gasteiger partial charge in [-0.05, 0) is 12.8 Å². The van der Waals surface area contributed by atoms with Crippen molar-refractivity contribution in [2.75, 3.05) is 33.0 Å². The van der Waals surface area contributed by atoms with Gasteiger partial charge in [0.15, 0.2) is 11.9 Å². The fourth-order valence-electron chi connectivity index (χ4n) is 6.52. The van der Waals surface area contributed by atoms with E-state index in [0.717, 1.165) is 32.1 Å². The van der Waals surface area contributed by atoms with E-state index in [1.807, 2.05) is 0 Å². The number of carbonyl (C=O) groups is 2. The first kappa shape index (κ1) is 53.0. The molecule has 0 amide bonds. The lowest BCUT2D eigenvalue weighted by molar-refractivity contribution is -0.161. The largest absolute Gasteiger partial charge is 0.462 e. The van der Waals surface area contributed by atoms with Crippen molar-refractivity contribution in [1.29, 1.82) is 0 Å². The van der Waals surface area contributed by atoms with Crippen LogP contribution < -0.4 is 0 Å². The summed E-state index contributed by atoms with van der Waals surface area (Å²) in [6.45, 7) is 2.76. The number of rotatable bonds is 43. The van der Waals surface area contributed by atoms with Crippen molar-refractivity contribution in [3.05, 3.63) is 0 Å². The van der Waals surface area contributed by atoms with Crippen LogP contribution >= 0.6 is 7.60 Å². The van der Waals surface area contributed by atoms with Crippen molar-refractivity contribution >= 4 is 19.5 Å². The van der Waals surface area contributed by atoms with Crippen LogP contribution in [-0.4, -0.2) is 72.0 Å². The van der Waals surface area contributed by atoms with Gasteiger partial charge >= 0.3 is 19.5 Å². The van der Waals surface area contributed by atoms with Crippen LogP contribution in [-0.2, 0) is 32.9 Å². The highest BCUT2D eigenvalue weighted by Gasteiger charge is 2.33. The predicted molar refractivity (Wildman–Crippen MR) is 220 cm³/mol. The lowest BCUT2D eigenvalue weighted by atomic mass is 10.0. The monoisotopic (exact) mass is 793 g/mol. The van der Waals surface area contributed by atoms with Crippen molar-refractivity contribution in [3.8, 4) is 0 Å². The normalized spacial score (nSPS) is 13.8. The molecular weight excluding hydrogens is 707 g/mol. The second kappa shape index (κ2) is 40.2. The third kappa shape index (κ3) is 36.6. The Kier molecular flexibility index (Phi) is 39.4. The number of carbonyl (C=O) groups excluding carboxylic acids is 2. The standard InChI is InChI=1S/C43H85O10P/c1-3-5-7-9-11-13-15-17-19-21-23-25-27-29-31-33-41(45)51-37-40(38-52-54(48,49)43(47)39-50-36-35-44)53-42(46)34-32-30-28-26-24-22-20-18-16-14-12-10-8-6-4-2/h40,43-44,47H,3-39H2,1-2H3,(H,48,49)/t40-,43?/m1/s1. The summed E-state index contributed by atoms with van der Waals surface area (Å²) in [5.41, 5.74) is 0. The molecule has 10 nitrogen and oxygen atoms in total. The van der Waals surface area contributed by atoms with Gasteiger partial charge < -0.3 is 33.8 Å². The minimum Gasteiger partial charge on any atom is -0.462 e. The zero-order valence-corrected chi connectivity index (χ0v) is 35.9. The van der Waals surface area contributed by atoms with Crippen LogP contribution in [0.25, 0.3) is 0 Å². The average molecular weight is 793 g/mol. The molecular formula is C43H85O10P. The van der Waals surface area contributed by atoms with E-state index in [-0.39, 0.29) is 32.7 Å². The lowest BCUT2D eigenvalue weighted by Gasteiger charge is -2.22. The number of aliphatic hydroxyl groups excluding tert-OH is 2. The molecule has 2 unspecified atom stereocenters. The first-order chi connectivity index (χ1) is 26.3. The number of aliphatic hydroxyl groups is 2. The SMILES string of the molecule is CCCCCCCCCCCCCCCCCC(=O)OC[C@H](COP(=O)(O)C(O)COCCO)OC(=O)CCCCCCCCCCCCCCCCC. The molecule has 0 aliphatic heterocycles. The quantitative estimate of drug-likeness (QED) is 0.0309. The zero-order chi connectivity index (χ0) is 39.8. The zero-order valence-electron chi connectivity index (χ0n) is 35.0. The number of ether oxygens (including phenoxy) is 3. The molecule has 3 atom stereocenters. The maximum Gasteiger partial charge on any atom is 0.358 e. The second-order valence-corrected chi connectivity index (χ2v) is 17.3. The first-order valence-corrected chi connectivity index (χ1v) is 24.1. The van der Waals surface area contributed by atoms with Gasteiger partial charge in [0.1, 0.15) is 6.61 Å². The van der Waals surface area contributed by atoms with E-state index >= 15 is 0 Å². The van der Waals surface area contributed by atoms with Crippen LogP contribution in [0.1, 0.15) is 219 Å². The number of hydrogen-bond donors (Lipinski definition) is 3. The van der Waals surface area contributed by atoms with Gasteiger partial charge in [0.05, 0.1) is 26.4 Å². The van der Waals surface area contributed by atoms with E-state index in [9.17, 15) is 24.2 Å². The average Bonchev–Trinajstić information content (AvgIpc) is 3.15. The molecule has 0 aromatic rings. The van der Waals surface area contributed by atoms with Crippen LogP contribution in [0.5, 0.6) is 0 Å². The molecule has 0 bridgehead atoms. The number of unbranched alkanes of at least 4 members (excludes halogenated alkanes) is 28. The summed E-state index contributed by atoms with van der Waals surface area (Å²) in [6.07, 6.45) is 36.2. The third-order valence-corrected chi connectivity index (χ3v) is 11.4. The van der Waals surface area contributed by atoms with Crippen LogP contribution in [0.3, 0.4) is 0 Å². The molecule has 0 rings (SSSR count). The topological polar surface area (TPSA) is 149 Å². The second-order valence-electron chi connectivity index (χ2n) is 15.3. The molecule has 0 fully saturated rings. The van der Waals surface area contributed by atoms with Gasteiger partial charge in [0.2, 0.25) is 0 Å². The van der Waals surface area contributed by atoms with Gasteiger partial charge in [0.25, 0.3) is 0 Å². The predicted octanol–water partition coefficient (Wildman–Crippen LogP) is 11.5. The van der Waals surface area contributed by atoms with Gasteiger partial charge in [-0.3, -0.25) is 14.2 Å². The molecule has 0 aliphatic rings. The fourth-order valence-corrected chi connectivity index (χ4v) is 7.37. The molecule has 322 valence electrons. The lowest BCUT2D eigenvalue weighted by Crippen LogP contribution is -2.30. The Bertz CT molecular complexity index is 873. The summed E-state index contributed by atoms with van der Waals surface area (Å²) in [5.74, 6) is -2.75. The third-order valence-electron chi connectivity index (χ3n) is 10.0. The Morgan fingerprint density at radius 1 is 0.519 bits per heavy atom. The fraction of sp³-hybridized carbons (Fsp3) is 0.953. The molecule has 0 radical (unpaired) electrons. The number of hydrogen-bond acceptors (Lipinski definition) is 9. The molecule has 3 N–H and O–H groups in total. The van der Waals surface area contributed by atoms with Crippen LogP contribution in [0.2, 0.25) is 0 Å². The highest BCUT2D eigenvalue weighted by molar-refractivity contribution is 7.53. The van der Waals surface area contributed by atoms with E-state index in [1.54, 1.807) is 0 Å². The summed E-state index contributed by atoms with van der Waals surface area (Å²) in [4.78, 5) is 35.3. The summed E-state index contributed by atoms with van der Waals surface area (Å²) >= 11 is 0. The first-order valence-electron chi connectivity index (χ1n) is 22.5. The van der Waals surface area contributed by atoms with E-state index < -0.39 is 44.7 Å². The minimum absolute atomic E-state index is 0.105. The summed E-state index contributed by atoms with van der Waals surface area (Å²) < 4.78 is 33.4. The summed E-state index contributed by atoms with van der Waals surface area (Å²) in [6, 6.07) is 0. The van der Waals surface area contributed by atoms with Gasteiger partial charge in [-0.15, -0.1) is 0 Å². The van der Waals surface area contributed by atoms with Crippen molar-refractivity contribution < 1.29 is 48.0 Å². The molecule has 0 aromatic carbocycles. The van der Waals surface area contributed by atoms with Gasteiger partial charge in [0, 0.05) is 12.8 Å². The Morgan fingerprint density at radius 2 is 0.870 bits per heavy atom.